The van der Waals surface area contributed by atoms with Crippen molar-refractivity contribution in [3.05, 3.63) is 87.2 Å². The molecular formula is C24H23N5O3. The van der Waals surface area contributed by atoms with Crippen LogP contribution < -0.4 is 11.2 Å². The Balaban J connectivity index is 1.90. The Bertz CT molecular complexity index is 1550. The van der Waals surface area contributed by atoms with Gasteiger partial charge in [-0.3, -0.25) is 22.9 Å². The molecule has 3 heterocycles. The average molecular weight is 429 g/mol. The highest BCUT2D eigenvalue weighted by Crippen LogP contribution is 2.28. The van der Waals surface area contributed by atoms with Gasteiger partial charge >= 0.3 is 5.69 Å². The Labute approximate surface area is 183 Å². The van der Waals surface area contributed by atoms with Crippen molar-refractivity contribution in [2.24, 2.45) is 7.05 Å². The Morgan fingerprint density at radius 3 is 2.41 bits per heavy atom. The summed E-state index contributed by atoms with van der Waals surface area (Å²) in [5.41, 5.74) is 3.88. The van der Waals surface area contributed by atoms with E-state index in [4.69, 9.17) is 9.72 Å². The summed E-state index contributed by atoms with van der Waals surface area (Å²) in [7, 11) is 3.17. The molecule has 0 bridgehead atoms. The Morgan fingerprint density at radius 2 is 1.72 bits per heavy atom. The molecule has 5 rings (SSSR count). The van der Waals surface area contributed by atoms with Crippen LogP contribution in [0.1, 0.15) is 5.56 Å². The van der Waals surface area contributed by atoms with Gasteiger partial charge in [0.05, 0.1) is 18.8 Å². The first-order valence-corrected chi connectivity index (χ1v) is 10.4. The van der Waals surface area contributed by atoms with Gasteiger partial charge in [-0.25, -0.2) is 4.79 Å². The molecule has 0 radical (unpaired) electrons. The molecule has 5 aromatic rings. The van der Waals surface area contributed by atoms with Crippen molar-refractivity contribution in [3.8, 4) is 16.9 Å². The lowest BCUT2D eigenvalue weighted by Crippen LogP contribution is -2.40. The monoisotopic (exact) mass is 429 g/mol. The van der Waals surface area contributed by atoms with E-state index in [1.165, 1.54) is 9.13 Å². The molecule has 0 aliphatic rings. The topological polar surface area (TPSA) is 75.5 Å². The van der Waals surface area contributed by atoms with E-state index in [1.807, 2.05) is 72.3 Å². The second-order valence-electron chi connectivity index (χ2n) is 7.80. The molecule has 2 aromatic carbocycles. The molecule has 162 valence electrons. The number of imidazole rings is 2. The predicted molar refractivity (Wildman–Crippen MR) is 124 cm³/mol. The first-order valence-electron chi connectivity index (χ1n) is 10.4. The number of rotatable bonds is 5. The van der Waals surface area contributed by atoms with E-state index in [-0.39, 0.29) is 18.7 Å². The summed E-state index contributed by atoms with van der Waals surface area (Å²) >= 11 is 0. The molecule has 8 nitrogen and oxygen atoms in total. The third-order valence-electron chi connectivity index (χ3n) is 5.73. The van der Waals surface area contributed by atoms with Crippen molar-refractivity contribution in [1.29, 1.82) is 0 Å². The van der Waals surface area contributed by atoms with Crippen molar-refractivity contribution in [2.45, 2.75) is 13.5 Å². The molecule has 0 unspecified atom stereocenters. The number of aromatic nitrogens is 5. The van der Waals surface area contributed by atoms with E-state index in [9.17, 15) is 9.59 Å². The second-order valence-corrected chi connectivity index (χ2v) is 7.80. The van der Waals surface area contributed by atoms with Gasteiger partial charge in [-0.15, -0.1) is 0 Å². The summed E-state index contributed by atoms with van der Waals surface area (Å²) in [6.07, 6.45) is 1.91. The molecule has 0 aliphatic heterocycles. The van der Waals surface area contributed by atoms with Crippen molar-refractivity contribution < 1.29 is 4.74 Å². The summed E-state index contributed by atoms with van der Waals surface area (Å²) in [4.78, 5) is 30.9. The lowest BCUT2D eigenvalue weighted by Gasteiger charge is -2.09. The predicted octanol–water partition coefficient (Wildman–Crippen LogP) is 2.76. The molecule has 0 amide bonds. The van der Waals surface area contributed by atoms with Crippen LogP contribution in [0.2, 0.25) is 0 Å². The highest BCUT2D eigenvalue weighted by Gasteiger charge is 2.22. The summed E-state index contributed by atoms with van der Waals surface area (Å²) in [6, 6.07) is 18.1. The van der Waals surface area contributed by atoms with Gasteiger partial charge in [-0.2, -0.15) is 4.98 Å². The molecule has 0 spiro atoms. The lowest BCUT2D eigenvalue weighted by atomic mass is 10.1. The molecule has 0 saturated carbocycles. The fraction of sp³-hybridized carbons (Fsp3) is 0.208. The number of benzene rings is 2. The normalized spacial score (nSPS) is 11.6. The molecule has 0 saturated heterocycles. The van der Waals surface area contributed by atoms with Gasteiger partial charge in [0.15, 0.2) is 11.2 Å². The smallest absolute Gasteiger partial charge is 0.332 e. The first kappa shape index (κ1) is 20.0. The Hall–Kier alpha value is -3.91. The van der Waals surface area contributed by atoms with E-state index in [0.29, 0.717) is 16.9 Å². The fourth-order valence-corrected chi connectivity index (χ4v) is 4.04. The SMILES string of the molecule is COCCn1c(=O)c2c(nc3n(-c4ccc(C)cc4)c(-c4ccccc4)cn23)n(C)c1=O. The van der Waals surface area contributed by atoms with Crippen LogP contribution in [-0.2, 0) is 18.3 Å². The number of hydrogen-bond donors (Lipinski definition) is 0. The van der Waals surface area contributed by atoms with Crippen molar-refractivity contribution in [2.75, 3.05) is 13.7 Å². The standard InChI is InChI=1S/C24H23N5O3/c1-16-9-11-18(12-10-16)29-19(17-7-5-4-6-8-17)15-28-20-21(25-23(28)29)26(2)24(31)27(22(20)30)13-14-32-3/h4-12,15H,13-14H2,1-3H3. The van der Waals surface area contributed by atoms with E-state index in [2.05, 4.69) is 0 Å². The van der Waals surface area contributed by atoms with Crippen LogP contribution in [-0.4, -0.2) is 36.8 Å². The van der Waals surface area contributed by atoms with E-state index < -0.39 is 5.69 Å². The van der Waals surface area contributed by atoms with Crippen LogP contribution in [0.5, 0.6) is 0 Å². The van der Waals surface area contributed by atoms with Gasteiger partial charge in [-0.05, 0) is 19.1 Å². The van der Waals surface area contributed by atoms with Crippen LogP contribution in [0.4, 0.5) is 0 Å². The van der Waals surface area contributed by atoms with E-state index >= 15 is 0 Å². The van der Waals surface area contributed by atoms with Crippen molar-refractivity contribution in [1.82, 2.24) is 23.1 Å². The van der Waals surface area contributed by atoms with E-state index in [1.54, 1.807) is 18.6 Å². The molecule has 8 heteroatoms. The van der Waals surface area contributed by atoms with E-state index in [0.717, 1.165) is 22.5 Å². The minimum Gasteiger partial charge on any atom is -0.383 e. The minimum absolute atomic E-state index is 0.176. The number of methoxy groups -OCH3 is 1. The van der Waals surface area contributed by atoms with Crippen LogP contribution in [0.15, 0.2) is 70.4 Å². The number of aryl methyl sites for hydroxylation is 2. The van der Waals surface area contributed by atoms with Crippen LogP contribution >= 0.6 is 0 Å². The fourth-order valence-electron chi connectivity index (χ4n) is 4.04. The summed E-state index contributed by atoms with van der Waals surface area (Å²) in [5, 5.41) is 0. The van der Waals surface area contributed by atoms with Gasteiger partial charge in [0.1, 0.15) is 0 Å². The zero-order chi connectivity index (χ0) is 22.4. The second kappa shape index (κ2) is 7.65. The lowest BCUT2D eigenvalue weighted by molar-refractivity contribution is 0.184. The Morgan fingerprint density at radius 1 is 1.00 bits per heavy atom. The first-order chi connectivity index (χ1) is 15.5. The van der Waals surface area contributed by atoms with Crippen LogP contribution in [0.3, 0.4) is 0 Å². The molecule has 0 N–H and O–H groups in total. The summed E-state index contributed by atoms with van der Waals surface area (Å²) in [6.45, 7) is 2.48. The highest BCUT2D eigenvalue weighted by molar-refractivity contribution is 5.79. The zero-order valence-electron chi connectivity index (χ0n) is 18.1. The molecule has 0 fully saturated rings. The number of fused-ring (bicyclic) bond motifs is 3. The van der Waals surface area contributed by atoms with Gasteiger partial charge in [0.2, 0.25) is 5.78 Å². The van der Waals surface area contributed by atoms with Gasteiger partial charge < -0.3 is 4.74 Å². The number of ether oxygens (including phenoxy) is 1. The summed E-state index contributed by atoms with van der Waals surface area (Å²) < 4.78 is 11.5. The van der Waals surface area contributed by atoms with Gasteiger partial charge in [0.25, 0.3) is 5.56 Å². The third kappa shape index (κ3) is 2.99. The van der Waals surface area contributed by atoms with Crippen LogP contribution in [0.25, 0.3) is 33.9 Å². The largest absolute Gasteiger partial charge is 0.383 e. The van der Waals surface area contributed by atoms with Crippen molar-refractivity contribution in [3.63, 3.8) is 0 Å². The Kier molecular flexibility index (Phi) is 4.79. The summed E-state index contributed by atoms with van der Waals surface area (Å²) in [5.74, 6) is 0.569. The van der Waals surface area contributed by atoms with Gasteiger partial charge in [0, 0.05) is 31.6 Å². The quantitative estimate of drug-likeness (QED) is 0.431. The molecule has 3 aromatic heterocycles. The maximum absolute atomic E-state index is 13.3. The number of nitrogens with zero attached hydrogens (tertiary/aromatic N) is 5. The average Bonchev–Trinajstić information content (AvgIpc) is 3.35. The van der Waals surface area contributed by atoms with Gasteiger partial charge in [-0.1, -0.05) is 48.0 Å². The molecule has 32 heavy (non-hydrogen) atoms. The number of hydrogen-bond acceptors (Lipinski definition) is 4. The van der Waals surface area contributed by atoms with Crippen molar-refractivity contribution >= 4 is 16.9 Å². The molecule has 0 atom stereocenters. The third-order valence-corrected chi connectivity index (χ3v) is 5.73. The molecular weight excluding hydrogens is 406 g/mol. The maximum atomic E-state index is 13.3. The maximum Gasteiger partial charge on any atom is 0.332 e. The highest BCUT2D eigenvalue weighted by atomic mass is 16.5. The molecule has 0 aliphatic carbocycles. The zero-order valence-corrected chi connectivity index (χ0v) is 18.1. The van der Waals surface area contributed by atoms with Crippen LogP contribution in [0, 0.1) is 6.92 Å². The minimum atomic E-state index is -0.412.